The van der Waals surface area contributed by atoms with E-state index in [0.29, 0.717) is 12.3 Å². The van der Waals surface area contributed by atoms with Crippen molar-refractivity contribution in [1.82, 2.24) is 10.9 Å². The zero-order valence-electron chi connectivity index (χ0n) is 16.0. The highest BCUT2D eigenvalue weighted by Gasteiger charge is 2.31. The first-order valence-electron chi connectivity index (χ1n) is 9.04. The Morgan fingerprint density at radius 2 is 2.03 bits per heavy atom. The number of benzene rings is 2. The Bertz CT molecular complexity index is 998. The van der Waals surface area contributed by atoms with Gasteiger partial charge in [0.1, 0.15) is 17.4 Å². The van der Waals surface area contributed by atoms with Gasteiger partial charge in [0.2, 0.25) is 0 Å². The third-order valence-electron chi connectivity index (χ3n) is 4.67. The van der Waals surface area contributed by atoms with Crippen molar-refractivity contribution >= 4 is 11.6 Å². The molecule has 2 atom stereocenters. The quantitative estimate of drug-likeness (QED) is 0.513. The second kappa shape index (κ2) is 8.98. The van der Waals surface area contributed by atoms with E-state index < -0.39 is 17.6 Å². The van der Waals surface area contributed by atoms with Crippen LogP contribution in [0.1, 0.15) is 17.2 Å². The van der Waals surface area contributed by atoms with Crippen LogP contribution in [-0.2, 0) is 11.0 Å². The molecule has 1 aliphatic heterocycles. The standard InChI is InChI=1S/C21H19F3N4O2/c1-30-18-7-2-4-13(9-18)19-15(12-26-28-19)8-14(11-25)20(29)27-17-6-3-5-16(10-17)21(22,23)24/h2-10,15,19,26,28H,12H2,1H3,(H,27,29)/b14-8-. The molecule has 0 bridgehead atoms. The summed E-state index contributed by atoms with van der Waals surface area (Å²) in [6, 6.07) is 13.3. The van der Waals surface area contributed by atoms with Crippen LogP contribution in [0, 0.1) is 17.2 Å². The summed E-state index contributed by atoms with van der Waals surface area (Å²) in [5.74, 6) is -0.334. The number of carbonyl (C=O) groups is 1. The van der Waals surface area contributed by atoms with Crippen molar-refractivity contribution in [2.75, 3.05) is 19.0 Å². The molecule has 6 nitrogen and oxygen atoms in total. The minimum Gasteiger partial charge on any atom is -0.497 e. The fourth-order valence-corrected chi connectivity index (χ4v) is 3.18. The zero-order valence-corrected chi connectivity index (χ0v) is 16.0. The number of hydrogen-bond acceptors (Lipinski definition) is 5. The predicted molar refractivity (Wildman–Crippen MR) is 104 cm³/mol. The van der Waals surface area contributed by atoms with E-state index in [-0.39, 0.29) is 23.2 Å². The Kier molecular flexibility index (Phi) is 6.40. The topological polar surface area (TPSA) is 86.2 Å². The molecule has 0 radical (unpaired) electrons. The maximum absolute atomic E-state index is 12.9. The second-order valence-corrected chi connectivity index (χ2v) is 6.67. The largest absolute Gasteiger partial charge is 0.497 e. The van der Waals surface area contributed by atoms with Crippen molar-refractivity contribution in [2.24, 2.45) is 5.92 Å². The summed E-state index contributed by atoms with van der Waals surface area (Å²) in [5, 5.41) is 11.8. The molecule has 2 aromatic carbocycles. The lowest BCUT2D eigenvalue weighted by atomic mass is 9.93. The number of amides is 1. The first-order chi connectivity index (χ1) is 14.3. The lowest BCUT2D eigenvalue weighted by molar-refractivity contribution is -0.137. The monoisotopic (exact) mass is 416 g/mol. The van der Waals surface area contributed by atoms with E-state index in [1.54, 1.807) is 13.2 Å². The SMILES string of the molecule is COc1cccc(C2NNCC2/C=C(/C#N)C(=O)Nc2cccc(C(F)(F)F)c2)c1. The molecule has 0 aromatic heterocycles. The maximum atomic E-state index is 12.9. The van der Waals surface area contributed by atoms with Gasteiger partial charge in [0.15, 0.2) is 0 Å². The van der Waals surface area contributed by atoms with Crippen LogP contribution in [0.25, 0.3) is 0 Å². The van der Waals surface area contributed by atoms with E-state index >= 15 is 0 Å². The summed E-state index contributed by atoms with van der Waals surface area (Å²) in [5.41, 5.74) is 5.89. The van der Waals surface area contributed by atoms with Gasteiger partial charge >= 0.3 is 6.18 Å². The molecule has 9 heteroatoms. The highest BCUT2D eigenvalue weighted by Crippen LogP contribution is 2.31. The van der Waals surface area contributed by atoms with Crippen molar-refractivity contribution in [2.45, 2.75) is 12.2 Å². The van der Waals surface area contributed by atoms with Crippen LogP contribution in [0.15, 0.2) is 60.2 Å². The van der Waals surface area contributed by atoms with Gasteiger partial charge in [-0.3, -0.25) is 10.2 Å². The van der Waals surface area contributed by atoms with Gasteiger partial charge in [0, 0.05) is 18.2 Å². The van der Waals surface area contributed by atoms with Crippen molar-refractivity contribution in [3.8, 4) is 11.8 Å². The van der Waals surface area contributed by atoms with Gasteiger partial charge in [-0.05, 0) is 35.9 Å². The lowest BCUT2D eigenvalue weighted by Gasteiger charge is -2.17. The third kappa shape index (κ3) is 4.97. The van der Waals surface area contributed by atoms with Gasteiger partial charge < -0.3 is 10.1 Å². The Morgan fingerprint density at radius 3 is 2.73 bits per heavy atom. The number of rotatable bonds is 5. The number of methoxy groups -OCH3 is 1. The average Bonchev–Trinajstić information content (AvgIpc) is 3.19. The summed E-state index contributed by atoms with van der Waals surface area (Å²) < 4.78 is 43.8. The van der Waals surface area contributed by atoms with Crippen LogP contribution in [-0.4, -0.2) is 19.6 Å². The van der Waals surface area contributed by atoms with Crippen LogP contribution in [0.3, 0.4) is 0 Å². The molecule has 3 rings (SSSR count). The molecule has 1 saturated heterocycles. The number of nitrogens with zero attached hydrogens (tertiary/aromatic N) is 1. The van der Waals surface area contributed by atoms with E-state index in [4.69, 9.17) is 4.74 Å². The van der Waals surface area contributed by atoms with Gasteiger partial charge in [-0.25, -0.2) is 5.43 Å². The number of carbonyl (C=O) groups excluding carboxylic acids is 1. The molecule has 1 heterocycles. The van der Waals surface area contributed by atoms with Crippen LogP contribution in [0.2, 0.25) is 0 Å². The van der Waals surface area contributed by atoms with Crippen molar-refractivity contribution < 1.29 is 22.7 Å². The first kappa shape index (κ1) is 21.4. The van der Waals surface area contributed by atoms with Gasteiger partial charge in [-0.15, -0.1) is 0 Å². The molecular weight excluding hydrogens is 397 g/mol. The highest BCUT2D eigenvalue weighted by molar-refractivity contribution is 6.06. The molecule has 3 N–H and O–H groups in total. The summed E-state index contributed by atoms with van der Waals surface area (Å²) in [6.45, 7) is 0.462. The molecule has 30 heavy (non-hydrogen) atoms. The molecular formula is C21H19F3N4O2. The van der Waals surface area contributed by atoms with Gasteiger partial charge in [-0.2, -0.15) is 18.4 Å². The number of nitriles is 1. The van der Waals surface area contributed by atoms with Crippen molar-refractivity contribution in [3.05, 3.63) is 71.3 Å². The second-order valence-electron chi connectivity index (χ2n) is 6.67. The Labute approximate surface area is 171 Å². The van der Waals surface area contributed by atoms with E-state index in [1.807, 2.05) is 24.3 Å². The molecule has 1 fully saturated rings. The number of hydrazine groups is 1. The minimum atomic E-state index is -4.53. The maximum Gasteiger partial charge on any atom is 0.416 e. The number of alkyl halides is 3. The molecule has 0 spiro atoms. The summed E-state index contributed by atoms with van der Waals surface area (Å²) in [4.78, 5) is 12.5. The van der Waals surface area contributed by atoms with E-state index in [1.165, 1.54) is 18.2 Å². The van der Waals surface area contributed by atoms with Crippen LogP contribution >= 0.6 is 0 Å². The smallest absolute Gasteiger partial charge is 0.416 e. The van der Waals surface area contributed by atoms with Gasteiger partial charge in [0.05, 0.1) is 18.7 Å². The molecule has 1 amide bonds. The molecule has 1 aliphatic rings. The first-order valence-corrected chi connectivity index (χ1v) is 9.04. The Hall–Kier alpha value is -3.35. The Balaban J connectivity index is 1.79. The molecule has 0 aliphatic carbocycles. The van der Waals surface area contributed by atoms with Crippen LogP contribution in [0.5, 0.6) is 5.75 Å². The zero-order chi connectivity index (χ0) is 21.7. The average molecular weight is 416 g/mol. The van der Waals surface area contributed by atoms with Crippen LogP contribution < -0.4 is 20.9 Å². The fraction of sp³-hybridized carbons (Fsp3) is 0.238. The normalized spacial score (nSPS) is 19.2. The predicted octanol–water partition coefficient (Wildman–Crippen LogP) is 3.57. The number of ether oxygens (including phenoxy) is 1. The fourth-order valence-electron chi connectivity index (χ4n) is 3.18. The summed E-state index contributed by atoms with van der Waals surface area (Å²) >= 11 is 0. The Morgan fingerprint density at radius 1 is 1.27 bits per heavy atom. The van der Waals surface area contributed by atoms with Crippen molar-refractivity contribution in [3.63, 3.8) is 0 Å². The van der Waals surface area contributed by atoms with Crippen LogP contribution in [0.4, 0.5) is 18.9 Å². The lowest BCUT2D eigenvalue weighted by Crippen LogP contribution is -2.25. The highest BCUT2D eigenvalue weighted by atomic mass is 19.4. The summed E-state index contributed by atoms with van der Waals surface area (Å²) in [6.07, 6.45) is -3.01. The summed E-state index contributed by atoms with van der Waals surface area (Å²) in [7, 11) is 1.56. The van der Waals surface area contributed by atoms with Gasteiger partial charge in [0.25, 0.3) is 5.91 Å². The number of halogens is 3. The number of anilines is 1. The molecule has 156 valence electrons. The number of nitrogens with one attached hydrogen (secondary N) is 3. The molecule has 2 aromatic rings. The number of hydrogen-bond donors (Lipinski definition) is 3. The minimum absolute atomic E-state index is 0.0389. The molecule has 2 unspecified atom stereocenters. The van der Waals surface area contributed by atoms with E-state index in [9.17, 15) is 23.2 Å². The van der Waals surface area contributed by atoms with Gasteiger partial charge in [-0.1, -0.05) is 24.3 Å². The third-order valence-corrected chi connectivity index (χ3v) is 4.67. The van der Waals surface area contributed by atoms with E-state index in [0.717, 1.165) is 17.7 Å². The molecule has 0 saturated carbocycles. The van der Waals surface area contributed by atoms with E-state index in [2.05, 4.69) is 16.2 Å². The van der Waals surface area contributed by atoms with Crippen molar-refractivity contribution in [1.29, 1.82) is 5.26 Å².